The lowest BCUT2D eigenvalue weighted by Gasteiger charge is -2.15. The van der Waals surface area contributed by atoms with E-state index in [0.717, 1.165) is 39.7 Å². The average molecular weight is 454 g/mol. The predicted octanol–water partition coefficient (Wildman–Crippen LogP) is 5.09. The van der Waals surface area contributed by atoms with Crippen LogP contribution in [-0.2, 0) is 28.0 Å². The van der Waals surface area contributed by atoms with E-state index in [9.17, 15) is 4.79 Å². The van der Waals surface area contributed by atoms with Gasteiger partial charge in [0.1, 0.15) is 15.4 Å². The molecule has 0 spiro atoms. The first kappa shape index (κ1) is 20.3. The molecule has 3 heterocycles. The Morgan fingerprint density at radius 1 is 1.03 bits per heavy atom. The van der Waals surface area contributed by atoms with E-state index < -0.39 is 0 Å². The minimum Gasteiger partial charge on any atom is -0.469 e. The topological polar surface area (TPSA) is 55.3 Å². The van der Waals surface area contributed by atoms with Crippen molar-refractivity contribution < 1.29 is 9.53 Å². The third-order valence-electron chi connectivity index (χ3n) is 6.53. The van der Waals surface area contributed by atoms with E-state index in [1.54, 1.807) is 11.3 Å². The van der Waals surface area contributed by atoms with Crippen LogP contribution >= 0.6 is 11.3 Å². The summed E-state index contributed by atoms with van der Waals surface area (Å²) in [7, 11) is 1.44. The number of carbonyl (C=O) groups is 1. The summed E-state index contributed by atoms with van der Waals surface area (Å²) in [4.78, 5) is 24.6. The lowest BCUT2D eigenvalue weighted by atomic mass is 9.89. The number of fused-ring (bicyclic) bond motifs is 2. The standard InChI is InChI=1S/C27H23N3O2S/c1-32-24(31)11-14-30-16-19-8-7-18(15-20(19)17-30)25-28-22-9-10-23(29-26(22)33-25)27(12-13-27)21-5-3-2-4-6-21/h2-10,12-13,15H,11,14,16-17H2,1H3. The molecule has 0 bridgehead atoms. The van der Waals surface area contributed by atoms with Gasteiger partial charge in [0.2, 0.25) is 0 Å². The summed E-state index contributed by atoms with van der Waals surface area (Å²) in [5.41, 5.74) is 6.79. The van der Waals surface area contributed by atoms with Gasteiger partial charge in [-0.05, 0) is 34.9 Å². The number of allylic oxidation sites excluding steroid dienone is 2. The van der Waals surface area contributed by atoms with Gasteiger partial charge in [-0.15, -0.1) is 0 Å². The fourth-order valence-corrected chi connectivity index (χ4v) is 5.52. The summed E-state index contributed by atoms with van der Waals surface area (Å²) in [5.74, 6) is -0.163. The number of thiazole rings is 1. The number of aromatic nitrogens is 2. The Labute approximate surface area is 196 Å². The van der Waals surface area contributed by atoms with Crippen LogP contribution < -0.4 is 0 Å². The summed E-state index contributed by atoms with van der Waals surface area (Å²) in [6.45, 7) is 2.42. The van der Waals surface area contributed by atoms with Crippen LogP contribution in [0.15, 0.2) is 72.8 Å². The number of pyridine rings is 1. The van der Waals surface area contributed by atoms with Crippen molar-refractivity contribution in [3.8, 4) is 10.6 Å². The molecule has 164 valence electrons. The van der Waals surface area contributed by atoms with Crippen LogP contribution in [0.4, 0.5) is 0 Å². The SMILES string of the molecule is COC(=O)CCN1Cc2ccc(-c3nc4ccc(C5(c6ccccc6)C=C5)nc4s3)cc2C1. The number of esters is 1. The Morgan fingerprint density at radius 2 is 1.85 bits per heavy atom. The normalized spacial score (nSPS) is 16.2. The molecule has 0 N–H and O–H groups in total. The third-order valence-corrected chi connectivity index (χ3v) is 7.55. The molecular weight excluding hydrogens is 430 g/mol. The number of benzene rings is 2. The maximum Gasteiger partial charge on any atom is 0.306 e. The highest BCUT2D eigenvalue weighted by molar-refractivity contribution is 7.21. The summed E-state index contributed by atoms with van der Waals surface area (Å²) >= 11 is 1.64. The zero-order valence-electron chi connectivity index (χ0n) is 18.3. The molecular formula is C27H23N3O2S. The van der Waals surface area contributed by atoms with Crippen molar-refractivity contribution >= 4 is 27.7 Å². The largest absolute Gasteiger partial charge is 0.469 e. The predicted molar refractivity (Wildman–Crippen MR) is 130 cm³/mol. The van der Waals surface area contributed by atoms with Crippen LogP contribution in [-0.4, -0.2) is 34.5 Å². The van der Waals surface area contributed by atoms with Gasteiger partial charge in [0.05, 0.1) is 24.6 Å². The molecule has 0 fully saturated rings. The molecule has 2 aliphatic rings. The lowest BCUT2D eigenvalue weighted by molar-refractivity contribution is -0.141. The summed E-state index contributed by atoms with van der Waals surface area (Å²) in [6.07, 6.45) is 4.85. The molecule has 0 saturated heterocycles. The number of carbonyl (C=O) groups excluding carboxylic acids is 1. The van der Waals surface area contributed by atoms with E-state index in [1.807, 2.05) is 6.07 Å². The fourth-order valence-electron chi connectivity index (χ4n) is 4.59. The third kappa shape index (κ3) is 3.65. The number of rotatable bonds is 6. The number of hydrogen-bond donors (Lipinski definition) is 0. The van der Waals surface area contributed by atoms with Crippen LogP contribution in [0.25, 0.3) is 20.9 Å². The monoisotopic (exact) mass is 453 g/mol. The lowest BCUT2D eigenvalue weighted by Crippen LogP contribution is -2.20. The van der Waals surface area contributed by atoms with E-state index in [4.69, 9.17) is 14.7 Å². The maximum atomic E-state index is 11.5. The molecule has 0 amide bonds. The van der Waals surface area contributed by atoms with Crippen LogP contribution in [0.2, 0.25) is 0 Å². The molecule has 6 heteroatoms. The Morgan fingerprint density at radius 3 is 2.64 bits per heavy atom. The van der Waals surface area contributed by atoms with Crippen LogP contribution in [0.3, 0.4) is 0 Å². The molecule has 0 radical (unpaired) electrons. The van der Waals surface area contributed by atoms with E-state index in [1.165, 1.54) is 23.8 Å². The Kier molecular flexibility index (Phi) is 4.85. The van der Waals surface area contributed by atoms with Gasteiger partial charge >= 0.3 is 5.97 Å². The van der Waals surface area contributed by atoms with E-state index >= 15 is 0 Å². The molecule has 0 saturated carbocycles. The van der Waals surface area contributed by atoms with Crippen molar-refractivity contribution in [1.82, 2.24) is 14.9 Å². The van der Waals surface area contributed by atoms with Gasteiger partial charge in [0.15, 0.2) is 0 Å². The zero-order valence-corrected chi connectivity index (χ0v) is 19.1. The van der Waals surface area contributed by atoms with Gasteiger partial charge in [0.25, 0.3) is 0 Å². The van der Waals surface area contributed by atoms with Crippen molar-refractivity contribution in [2.75, 3.05) is 13.7 Å². The van der Waals surface area contributed by atoms with Gasteiger partial charge in [-0.1, -0.05) is 66.0 Å². The quantitative estimate of drug-likeness (QED) is 0.301. The van der Waals surface area contributed by atoms with Crippen molar-refractivity contribution in [1.29, 1.82) is 0 Å². The Balaban J connectivity index is 1.25. The average Bonchev–Trinajstić information content (AvgIpc) is 3.39. The fraction of sp³-hybridized carbons (Fsp3) is 0.222. The highest BCUT2D eigenvalue weighted by Crippen LogP contribution is 2.45. The molecule has 5 nitrogen and oxygen atoms in total. The molecule has 2 aromatic carbocycles. The second-order valence-electron chi connectivity index (χ2n) is 8.63. The first-order valence-corrected chi connectivity index (χ1v) is 11.9. The Hall–Kier alpha value is -3.35. The van der Waals surface area contributed by atoms with Crippen molar-refractivity contribution in [2.45, 2.75) is 24.9 Å². The molecule has 33 heavy (non-hydrogen) atoms. The number of nitrogens with zero attached hydrogens (tertiary/aromatic N) is 3. The van der Waals surface area contributed by atoms with E-state index in [2.05, 4.69) is 71.6 Å². The van der Waals surface area contributed by atoms with Crippen molar-refractivity contribution in [3.63, 3.8) is 0 Å². The number of methoxy groups -OCH3 is 1. The van der Waals surface area contributed by atoms with E-state index in [-0.39, 0.29) is 11.4 Å². The minimum atomic E-state index is -0.180. The highest BCUT2D eigenvalue weighted by atomic mass is 32.1. The first-order valence-electron chi connectivity index (χ1n) is 11.1. The molecule has 2 aromatic heterocycles. The first-order chi connectivity index (χ1) is 16.1. The molecule has 4 aromatic rings. The second kappa shape index (κ2) is 7.90. The van der Waals surface area contributed by atoms with Gasteiger partial charge in [-0.25, -0.2) is 9.97 Å². The smallest absolute Gasteiger partial charge is 0.306 e. The molecule has 6 rings (SSSR count). The van der Waals surface area contributed by atoms with Gasteiger partial charge in [0, 0.05) is 25.2 Å². The number of hydrogen-bond acceptors (Lipinski definition) is 6. The number of ether oxygens (including phenoxy) is 1. The zero-order chi connectivity index (χ0) is 22.4. The van der Waals surface area contributed by atoms with E-state index in [0.29, 0.717) is 13.0 Å². The second-order valence-corrected chi connectivity index (χ2v) is 9.61. The van der Waals surface area contributed by atoms with Crippen LogP contribution in [0, 0.1) is 0 Å². The highest BCUT2D eigenvalue weighted by Gasteiger charge is 2.39. The molecule has 0 unspecified atom stereocenters. The van der Waals surface area contributed by atoms with Crippen LogP contribution in [0.5, 0.6) is 0 Å². The maximum absolute atomic E-state index is 11.5. The molecule has 1 aliphatic carbocycles. The van der Waals surface area contributed by atoms with Gasteiger partial charge in [-0.3, -0.25) is 9.69 Å². The van der Waals surface area contributed by atoms with Gasteiger partial charge < -0.3 is 4.74 Å². The summed E-state index contributed by atoms with van der Waals surface area (Å²) < 4.78 is 4.77. The van der Waals surface area contributed by atoms with Gasteiger partial charge in [-0.2, -0.15) is 0 Å². The van der Waals surface area contributed by atoms with Crippen LogP contribution in [0.1, 0.15) is 28.8 Å². The van der Waals surface area contributed by atoms with Crippen molar-refractivity contribution in [3.05, 3.63) is 95.2 Å². The van der Waals surface area contributed by atoms with Crippen molar-refractivity contribution in [2.24, 2.45) is 0 Å². The Bertz CT molecular complexity index is 1390. The summed E-state index contributed by atoms with van der Waals surface area (Å²) in [5, 5.41) is 0.989. The summed E-state index contributed by atoms with van der Waals surface area (Å²) in [6, 6.07) is 21.3. The molecule has 1 aliphatic heterocycles. The molecule has 0 atom stereocenters. The minimum absolute atomic E-state index is 0.163.